The number of carbonyl (C=O) groups excluding carboxylic acids is 1. The molecule has 4 rings (SSSR count). The summed E-state index contributed by atoms with van der Waals surface area (Å²) in [7, 11) is 0. The van der Waals surface area contributed by atoms with E-state index in [0.717, 1.165) is 34.9 Å². The first kappa shape index (κ1) is 21.7. The molecule has 1 heterocycles. The van der Waals surface area contributed by atoms with Crippen molar-refractivity contribution in [3.63, 3.8) is 0 Å². The smallest absolute Gasteiger partial charge is 0.407 e. The number of halogens is 1. The van der Waals surface area contributed by atoms with E-state index in [1.54, 1.807) is 6.92 Å². The maximum atomic E-state index is 12.0. The van der Waals surface area contributed by atoms with Crippen LogP contribution in [-0.2, 0) is 21.4 Å². The summed E-state index contributed by atoms with van der Waals surface area (Å²) in [5.74, 6) is 0.414. The van der Waals surface area contributed by atoms with E-state index in [1.165, 1.54) is 10.5 Å². The molecule has 6 nitrogen and oxygen atoms in total. The lowest BCUT2D eigenvalue weighted by molar-refractivity contribution is -0.142. The first-order valence-electron chi connectivity index (χ1n) is 10.6. The molecule has 1 fully saturated rings. The number of piperidine rings is 1. The zero-order chi connectivity index (χ0) is 22.0. The summed E-state index contributed by atoms with van der Waals surface area (Å²) in [4.78, 5) is 24.9. The van der Waals surface area contributed by atoms with E-state index < -0.39 is 6.09 Å². The number of benzene rings is 2. The molecular formula is C24H26BrNO5. The van der Waals surface area contributed by atoms with Gasteiger partial charge in [0.1, 0.15) is 11.9 Å². The quantitative estimate of drug-likeness (QED) is 0.594. The molecule has 0 aromatic heterocycles. The first-order chi connectivity index (χ1) is 14.9. The number of amides is 1. The summed E-state index contributed by atoms with van der Waals surface area (Å²) in [5, 5.41) is 9.35. The lowest BCUT2D eigenvalue weighted by Crippen LogP contribution is -2.43. The third kappa shape index (κ3) is 4.42. The minimum Gasteiger partial charge on any atom is -0.485 e. The van der Waals surface area contributed by atoms with Crippen LogP contribution < -0.4 is 4.74 Å². The highest BCUT2D eigenvalue weighted by Gasteiger charge is 2.47. The number of esters is 1. The Morgan fingerprint density at radius 1 is 1.19 bits per heavy atom. The standard InChI is InChI=1S/C24H26BrNO5/c1-2-30-22(27)13-16-5-3-4-6-20(16)31-21-15-24(9-11-26(12-10-24)23(28)29)19-8-7-17(25)14-18(19)21/h3-8,14,21H,2,9-13,15H2,1H3,(H,28,29). The summed E-state index contributed by atoms with van der Waals surface area (Å²) >= 11 is 3.58. The molecule has 1 atom stereocenters. The van der Waals surface area contributed by atoms with Gasteiger partial charge in [0.05, 0.1) is 13.0 Å². The number of hydrogen-bond donors (Lipinski definition) is 1. The van der Waals surface area contributed by atoms with Crippen molar-refractivity contribution in [3.05, 3.63) is 63.6 Å². The van der Waals surface area contributed by atoms with Gasteiger partial charge in [-0.2, -0.15) is 0 Å². The Morgan fingerprint density at radius 3 is 2.65 bits per heavy atom. The maximum absolute atomic E-state index is 12.0. The Kier molecular flexibility index (Phi) is 6.23. The fourth-order valence-electron chi connectivity index (χ4n) is 4.85. The summed E-state index contributed by atoms with van der Waals surface area (Å²) in [6, 6.07) is 13.9. The van der Waals surface area contributed by atoms with Gasteiger partial charge in [-0.25, -0.2) is 4.79 Å². The fourth-order valence-corrected chi connectivity index (χ4v) is 5.23. The zero-order valence-corrected chi connectivity index (χ0v) is 19.1. The maximum Gasteiger partial charge on any atom is 0.407 e. The van der Waals surface area contributed by atoms with E-state index in [-0.39, 0.29) is 23.9 Å². The molecule has 1 aliphatic carbocycles. The van der Waals surface area contributed by atoms with Crippen LogP contribution >= 0.6 is 15.9 Å². The molecule has 0 saturated carbocycles. The monoisotopic (exact) mass is 487 g/mol. The number of rotatable bonds is 5. The van der Waals surface area contributed by atoms with Gasteiger partial charge < -0.3 is 19.5 Å². The van der Waals surface area contributed by atoms with Crippen molar-refractivity contribution >= 4 is 28.0 Å². The van der Waals surface area contributed by atoms with E-state index in [9.17, 15) is 14.7 Å². The van der Waals surface area contributed by atoms with E-state index in [2.05, 4.69) is 28.1 Å². The second-order valence-electron chi connectivity index (χ2n) is 8.18. The molecule has 1 N–H and O–H groups in total. The zero-order valence-electron chi connectivity index (χ0n) is 17.5. The molecule has 164 valence electrons. The Balaban J connectivity index is 1.60. The van der Waals surface area contributed by atoms with Crippen LogP contribution in [0.4, 0.5) is 4.79 Å². The van der Waals surface area contributed by atoms with Crippen molar-refractivity contribution in [2.45, 2.75) is 44.1 Å². The number of carbonyl (C=O) groups is 2. The lowest BCUT2D eigenvalue weighted by atomic mass is 9.74. The predicted molar refractivity (Wildman–Crippen MR) is 119 cm³/mol. The van der Waals surface area contributed by atoms with E-state index in [1.807, 2.05) is 30.3 Å². The van der Waals surface area contributed by atoms with Gasteiger partial charge in [0.15, 0.2) is 0 Å². The van der Waals surface area contributed by atoms with Crippen LogP contribution in [0.3, 0.4) is 0 Å². The lowest BCUT2D eigenvalue weighted by Gasteiger charge is -2.39. The Morgan fingerprint density at radius 2 is 1.94 bits per heavy atom. The van der Waals surface area contributed by atoms with Crippen molar-refractivity contribution in [2.75, 3.05) is 19.7 Å². The minimum atomic E-state index is -0.857. The van der Waals surface area contributed by atoms with Crippen molar-refractivity contribution in [2.24, 2.45) is 0 Å². The summed E-state index contributed by atoms with van der Waals surface area (Å²) in [6.45, 7) is 3.19. The average Bonchev–Trinajstić information content (AvgIpc) is 3.02. The number of para-hydroxylation sites is 1. The molecule has 1 unspecified atom stereocenters. The van der Waals surface area contributed by atoms with Crippen LogP contribution in [0.25, 0.3) is 0 Å². The number of ether oxygens (including phenoxy) is 2. The van der Waals surface area contributed by atoms with Crippen LogP contribution in [0.5, 0.6) is 5.75 Å². The number of nitrogens with zero attached hydrogens (tertiary/aromatic N) is 1. The molecule has 31 heavy (non-hydrogen) atoms. The van der Waals surface area contributed by atoms with E-state index >= 15 is 0 Å². The Hall–Kier alpha value is -2.54. The van der Waals surface area contributed by atoms with Gasteiger partial charge in [0.2, 0.25) is 0 Å². The molecule has 1 amide bonds. The first-order valence-corrected chi connectivity index (χ1v) is 11.4. The third-order valence-electron chi connectivity index (χ3n) is 6.38. The summed E-state index contributed by atoms with van der Waals surface area (Å²) < 4.78 is 12.6. The molecule has 2 aromatic rings. The van der Waals surface area contributed by atoms with Gasteiger partial charge in [-0.15, -0.1) is 0 Å². The third-order valence-corrected chi connectivity index (χ3v) is 6.87. The van der Waals surface area contributed by atoms with Crippen molar-refractivity contribution in [1.82, 2.24) is 4.90 Å². The van der Waals surface area contributed by atoms with Gasteiger partial charge >= 0.3 is 12.1 Å². The Labute approximate surface area is 190 Å². The van der Waals surface area contributed by atoms with Crippen LogP contribution in [-0.4, -0.2) is 41.8 Å². The minimum absolute atomic E-state index is 0.0945. The summed E-state index contributed by atoms with van der Waals surface area (Å²) in [5.41, 5.74) is 3.08. The SMILES string of the molecule is CCOC(=O)Cc1ccccc1OC1CC2(CCN(C(=O)O)CC2)c2ccc(Br)cc21. The molecule has 1 saturated heterocycles. The summed E-state index contributed by atoms with van der Waals surface area (Å²) in [6.07, 6.45) is 1.49. The number of fused-ring (bicyclic) bond motifs is 2. The van der Waals surface area contributed by atoms with Gasteiger partial charge in [0, 0.05) is 28.5 Å². The second kappa shape index (κ2) is 8.91. The van der Waals surface area contributed by atoms with Gasteiger partial charge in [-0.05, 0) is 55.5 Å². The van der Waals surface area contributed by atoms with Crippen molar-refractivity contribution < 1.29 is 24.2 Å². The van der Waals surface area contributed by atoms with Gasteiger partial charge in [0.25, 0.3) is 0 Å². The largest absolute Gasteiger partial charge is 0.485 e. The molecule has 1 spiro atoms. The van der Waals surface area contributed by atoms with Crippen molar-refractivity contribution in [1.29, 1.82) is 0 Å². The average molecular weight is 488 g/mol. The van der Waals surface area contributed by atoms with Crippen LogP contribution in [0.1, 0.15) is 49.0 Å². The van der Waals surface area contributed by atoms with Crippen LogP contribution in [0.2, 0.25) is 0 Å². The molecule has 0 bridgehead atoms. The number of carboxylic acid groups (broad SMARTS) is 1. The van der Waals surface area contributed by atoms with Crippen molar-refractivity contribution in [3.8, 4) is 5.75 Å². The number of hydrogen-bond acceptors (Lipinski definition) is 4. The fraction of sp³-hybridized carbons (Fsp3) is 0.417. The predicted octanol–water partition coefficient (Wildman–Crippen LogP) is 5.09. The Bertz CT molecular complexity index is 984. The molecule has 1 aliphatic heterocycles. The molecular weight excluding hydrogens is 462 g/mol. The van der Waals surface area contributed by atoms with Crippen LogP contribution in [0.15, 0.2) is 46.9 Å². The highest BCUT2D eigenvalue weighted by Crippen LogP contribution is 2.52. The topological polar surface area (TPSA) is 76.1 Å². The van der Waals surface area contributed by atoms with Gasteiger partial charge in [-0.1, -0.05) is 40.2 Å². The molecule has 2 aliphatic rings. The van der Waals surface area contributed by atoms with E-state index in [4.69, 9.17) is 9.47 Å². The molecule has 2 aromatic carbocycles. The van der Waals surface area contributed by atoms with Crippen LogP contribution in [0, 0.1) is 0 Å². The molecule has 0 radical (unpaired) electrons. The number of likely N-dealkylation sites (tertiary alicyclic amines) is 1. The van der Waals surface area contributed by atoms with Gasteiger partial charge in [-0.3, -0.25) is 4.79 Å². The second-order valence-corrected chi connectivity index (χ2v) is 9.10. The highest BCUT2D eigenvalue weighted by molar-refractivity contribution is 9.10. The van der Waals surface area contributed by atoms with E-state index in [0.29, 0.717) is 25.4 Å². The normalized spacial score (nSPS) is 19.2. The highest BCUT2D eigenvalue weighted by atomic mass is 79.9. The molecule has 7 heteroatoms.